The number of hydroxylamine groups is 4. The summed E-state index contributed by atoms with van der Waals surface area (Å²) < 4.78 is 0. The summed E-state index contributed by atoms with van der Waals surface area (Å²) in [5.74, 6) is 0. The van der Waals surface area contributed by atoms with Gasteiger partial charge in [-0.05, 0) is 18.2 Å². The third-order valence-corrected chi connectivity index (χ3v) is 1.77. The molecule has 0 aromatic heterocycles. The van der Waals surface area contributed by atoms with Crippen LogP contribution >= 0.6 is 0 Å². The molecular formula is C8H19NO2+. The molecule has 0 aliphatic carbocycles. The maximum Gasteiger partial charge on any atom is 0.142 e. The number of unbranched alkanes of at least 4 members (excludes halogenated alkanes) is 3. The SMILES string of the molecule is [CH2]CCCCC[N+](O)(O)CC. The number of hydrogen-bond donors (Lipinski definition) is 2. The van der Waals surface area contributed by atoms with Gasteiger partial charge in [-0.3, -0.25) is 0 Å². The third-order valence-electron chi connectivity index (χ3n) is 1.77. The monoisotopic (exact) mass is 161 g/mol. The van der Waals surface area contributed by atoms with Gasteiger partial charge in [0.25, 0.3) is 0 Å². The van der Waals surface area contributed by atoms with Crippen LogP contribution in [0.25, 0.3) is 0 Å². The van der Waals surface area contributed by atoms with E-state index in [1.165, 1.54) is 0 Å². The van der Waals surface area contributed by atoms with E-state index < -0.39 is 4.81 Å². The van der Waals surface area contributed by atoms with Gasteiger partial charge >= 0.3 is 0 Å². The number of rotatable bonds is 6. The second-order valence-electron chi connectivity index (χ2n) is 2.83. The molecule has 2 N–H and O–H groups in total. The Balaban J connectivity index is 3.23. The molecule has 0 aromatic rings. The molecule has 0 heterocycles. The van der Waals surface area contributed by atoms with E-state index in [0.29, 0.717) is 13.1 Å². The predicted octanol–water partition coefficient (Wildman–Crippen LogP) is 2.00. The minimum atomic E-state index is -0.836. The predicted molar refractivity (Wildman–Crippen MR) is 43.1 cm³/mol. The summed E-state index contributed by atoms with van der Waals surface area (Å²) in [6.07, 6.45) is 3.90. The highest BCUT2D eigenvalue weighted by molar-refractivity contribution is 4.42. The fourth-order valence-corrected chi connectivity index (χ4v) is 0.877. The van der Waals surface area contributed by atoms with E-state index in [1.54, 1.807) is 6.92 Å². The van der Waals surface area contributed by atoms with Crippen molar-refractivity contribution in [3.05, 3.63) is 6.92 Å². The first-order valence-electron chi connectivity index (χ1n) is 4.24. The zero-order chi connectivity index (χ0) is 8.74. The molecular weight excluding hydrogens is 142 g/mol. The smallest absolute Gasteiger partial charge is 0.142 e. The molecule has 0 fully saturated rings. The van der Waals surface area contributed by atoms with E-state index in [1.807, 2.05) is 0 Å². The summed E-state index contributed by atoms with van der Waals surface area (Å²) >= 11 is 0. The highest BCUT2D eigenvalue weighted by atomic mass is 16.8. The first-order chi connectivity index (χ1) is 5.12. The zero-order valence-corrected chi connectivity index (χ0v) is 7.29. The maximum atomic E-state index is 9.10. The van der Waals surface area contributed by atoms with Crippen LogP contribution < -0.4 is 0 Å². The van der Waals surface area contributed by atoms with Crippen LogP contribution in [-0.4, -0.2) is 28.3 Å². The van der Waals surface area contributed by atoms with Crippen LogP contribution in [0, 0.1) is 6.92 Å². The Morgan fingerprint density at radius 2 is 1.82 bits per heavy atom. The summed E-state index contributed by atoms with van der Waals surface area (Å²) in [4.78, 5) is -0.836. The summed E-state index contributed by atoms with van der Waals surface area (Å²) in [6.45, 7) is 6.24. The van der Waals surface area contributed by atoms with Gasteiger partial charge in [0.15, 0.2) is 0 Å². The molecule has 11 heavy (non-hydrogen) atoms. The molecule has 0 spiro atoms. The molecule has 0 amide bonds. The Labute approximate surface area is 68.8 Å². The average molecular weight is 161 g/mol. The lowest BCUT2D eigenvalue weighted by molar-refractivity contribution is -1.24. The summed E-state index contributed by atoms with van der Waals surface area (Å²) in [5.41, 5.74) is 0. The molecule has 3 nitrogen and oxygen atoms in total. The lowest BCUT2D eigenvalue weighted by Crippen LogP contribution is -2.41. The fraction of sp³-hybridized carbons (Fsp3) is 0.875. The molecule has 67 valence electrons. The highest BCUT2D eigenvalue weighted by Gasteiger charge is 2.17. The van der Waals surface area contributed by atoms with Crippen LogP contribution in [-0.2, 0) is 0 Å². The van der Waals surface area contributed by atoms with Crippen LogP contribution in [0.3, 0.4) is 0 Å². The topological polar surface area (TPSA) is 40.5 Å². The average Bonchev–Trinajstić information content (AvgIpc) is 1.99. The first kappa shape index (κ1) is 10.9. The van der Waals surface area contributed by atoms with Crippen molar-refractivity contribution in [2.45, 2.75) is 32.6 Å². The number of nitrogens with zero attached hydrogens (tertiary/aromatic N) is 1. The molecule has 0 atom stereocenters. The van der Waals surface area contributed by atoms with E-state index in [-0.39, 0.29) is 0 Å². The van der Waals surface area contributed by atoms with Gasteiger partial charge in [-0.15, -0.1) is 0 Å². The van der Waals surface area contributed by atoms with Crippen LogP contribution in [0.4, 0.5) is 0 Å². The largest absolute Gasteiger partial charge is 0.182 e. The van der Waals surface area contributed by atoms with Crippen molar-refractivity contribution < 1.29 is 15.2 Å². The Kier molecular flexibility index (Phi) is 5.46. The lowest BCUT2D eigenvalue weighted by atomic mass is 10.2. The Hall–Kier alpha value is -0.120. The summed E-state index contributed by atoms with van der Waals surface area (Å²) in [7, 11) is 0. The molecule has 0 saturated carbocycles. The number of hydrogen-bond acceptors (Lipinski definition) is 2. The minimum Gasteiger partial charge on any atom is -0.182 e. The second-order valence-corrected chi connectivity index (χ2v) is 2.83. The van der Waals surface area contributed by atoms with Crippen LogP contribution in [0.2, 0.25) is 0 Å². The standard InChI is InChI=1S/C8H19NO2/c1-3-5-6-7-8-9(10,11)4-2/h10-11H,1,3-8H2,2H3/q+1. The van der Waals surface area contributed by atoms with E-state index in [9.17, 15) is 0 Å². The van der Waals surface area contributed by atoms with Crippen molar-refractivity contribution >= 4 is 0 Å². The van der Waals surface area contributed by atoms with E-state index in [4.69, 9.17) is 10.4 Å². The van der Waals surface area contributed by atoms with Gasteiger partial charge in [0.05, 0.1) is 0 Å². The number of quaternary nitrogens is 1. The van der Waals surface area contributed by atoms with Crippen molar-refractivity contribution in [1.29, 1.82) is 0 Å². The van der Waals surface area contributed by atoms with Gasteiger partial charge in [0, 0.05) is 6.42 Å². The van der Waals surface area contributed by atoms with Gasteiger partial charge in [-0.1, -0.05) is 19.8 Å². The lowest BCUT2D eigenvalue weighted by Gasteiger charge is -2.18. The Bertz CT molecular complexity index is 94.1. The van der Waals surface area contributed by atoms with Gasteiger partial charge in [-0.25, -0.2) is 0 Å². The molecule has 0 unspecified atom stereocenters. The Morgan fingerprint density at radius 1 is 1.18 bits per heavy atom. The minimum absolute atomic E-state index is 0.352. The van der Waals surface area contributed by atoms with Crippen molar-refractivity contribution in [3.63, 3.8) is 0 Å². The zero-order valence-electron chi connectivity index (χ0n) is 7.29. The molecule has 0 aliphatic rings. The second kappa shape index (κ2) is 5.52. The quantitative estimate of drug-likeness (QED) is 0.355. The van der Waals surface area contributed by atoms with Crippen LogP contribution in [0.15, 0.2) is 0 Å². The van der Waals surface area contributed by atoms with Gasteiger partial charge < -0.3 is 0 Å². The summed E-state index contributed by atoms with van der Waals surface area (Å²) in [6, 6.07) is 0. The molecule has 0 rings (SSSR count). The van der Waals surface area contributed by atoms with Crippen molar-refractivity contribution in [3.8, 4) is 0 Å². The molecule has 1 radical (unpaired) electrons. The molecule has 0 bridgehead atoms. The van der Waals surface area contributed by atoms with E-state index in [0.717, 1.165) is 25.7 Å². The summed E-state index contributed by atoms with van der Waals surface area (Å²) in [5, 5.41) is 18.2. The van der Waals surface area contributed by atoms with Gasteiger partial charge in [-0.2, -0.15) is 10.4 Å². The molecule has 0 aliphatic heterocycles. The van der Waals surface area contributed by atoms with Crippen molar-refractivity contribution in [1.82, 2.24) is 0 Å². The third kappa shape index (κ3) is 6.28. The molecule has 3 heteroatoms. The van der Waals surface area contributed by atoms with Crippen molar-refractivity contribution in [2.75, 3.05) is 13.1 Å². The van der Waals surface area contributed by atoms with Crippen molar-refractivity contribution in [2.24, 2.45) is 0 Å². The molecule has 0 saturated heterocycles. The first-order valence-corrected chi connectivity index (χ1v) is 4.24. The van der Waals surface area contributed by atoms with Crippen LogP contribution in [0.5, 0.6) is 0 Å². The van der Waals surface area contributed by atoms with Crippen LogP contribution in [0.1, 0.15) is 32.6 Å². The Morgan fingerprint density at radius 3 is 2.27 bits per heavy atom. The molecule has 0 aromatic carbocycles. The van der Waals surface area contributed by atoms with E-state index in [2.05, 4.69) is 6.92 Å². The maximum absolute atomic E-state index is 9.10. The fourth-order valence-electron chi connectivity index (χ4n) is 0.877. The van der Waals surface area contributed by atoms with Gasteiger partial charge in [0.1, 0.15) is 13.1 Å². The normalized spacial score (nSPS) is 12.0. The van der Waals surface area contributed by atoms with E-state index >= 15 is 0 Å². The van der Waals surface area contributed by atoms with Gasteiger partial charge in [0.2, 0.25) is 0 Å². The highest BCUT2D eigenvalue weighted by Crippen LogP contribution is 2.03.